The van der Waals surface area contributed by atoms with Gasteiger partial charge in [0.2, 0.25) is 0 Å². The SMILES string of the molecule is [CH2]c1ccc(OC(F)(F)F)c(-c2ccccc2)c1. The average Bonchev–Trinajstić information content (AvgIpc) is 2.31. The molecule has 0 spiro atoms. The molecule has 2 rings (SSSR count). The summed E-state index contributed by atoms with van der Waals surface area (Å²) in [5.74, 6) is -0.221. The number of alkyl halides is 3. The summed E-state index contributed by atoms with van der Waals surface area (Å²) < 4.78 is 40.9. The summed E-state index contributed by atoms with van der Waals surface area (Å²) in [7, 11) is 0. The van der Waals surface area contributed by atoms with Crippen LogP contribution in [0.5, 0.6) is 5.75 Å². The first kappa shape index (κ1) is 12.5. The first-order valence-corrected chi connectivity index (χ1v) is 5.23. The predicted octanol–water partition coefficient (Wildman–Crippen LogP) is 4.43. The molecule has 1 radical (unpaired) electrons. The Kier molecular flexibility index (Phi) is 3.28. The van der Waals surface area contributed by atoms with Crippen molar-refractivity contribution in [2.24, 2.45) is 0 Å². The van der Waals surface area contributed by atoms with Gasteiger partial charge in [0, 0.05) is 5.56 Å². The van der Waals surface area contributed by atoms with Crippen LogP contribution in [0.15, 0.2) is 48.5 Å². The number of hydrogen-bond acceptors (Lipinski definition) is 1. The third-order valence-corrected chi connectivity index (χ3v) is 2.35. The van der Waals surface area contributed by atoms with E-state index in [-0.39, 0.29) is 5.75 Å². The van der Waals surface area contributed by atoms with Gasteiger partial charge in [-0.1, -0.05) is 36.4 Å². The van der Waals surface area contributed by atoms with Crippen molar-refractivity contribution in [1.82, 2.24) is 0 Å². The van der Waals surface area contributed by atoms with Crippen molar-refractivity contribution < 1.29 is 17.9 Å². The van der Waals surface area contributed by atoms with Crippen LogP contribution in [-0.2, 0) is 0 Å². The lowest BCUT2D eigenvalue weighted by Gasteiger charge is -2.14. The maximum atomic E-state index is 12.3. The molecule has 0 N–H and O–H groups in total. The summed E-state index contributed by atoms with van der Waals surface area (Å²) >= 11 is 0. The van der Waals surface area contributed by atoms with Crippen molar-refractivity contribution in [3.63, 3.8) is 0 Å². The van der Waals surface area contributed by atoms with Gasteiger partial charge in [0.05, 0.1) is 0 Å². The first-order chi connectivity index (χ1) is 8.46. The Balaban J connectivity index is 2.48. The van der Waals surface area contributed by atoms with Crippen molar-refractivity contribution in [2.45, 2.75) is 6.36 Å². The molecule has 0 saturated heterocycles. The van der Waals surface area contributed by atoms with Crippen LogP contribution in [0, 0.1) is 6.92 Å². The van der Waals surface area contributed by atoms with E-state index >= 15 is 0 Å². The Morgan fingerprint density at radius 1 is 0.944 bits per heavy atom. The maximum Gasteiger partial charge on any atom is 0.573 e. The zero-order chi connectivity index (χ0) is 13.2. The molecule has 1 nitrogen and oxygen atoms in total. The van der Waals surface area contributed by atoms with Gasteiger partial charge in [0.1, 0.15) is 5.75 Å². The number of rotatable bonds is 2. The van der Waals surface area contributed by atoms with Crippen LogP contribution < -0.4 is 4.74 Å². The Morgan fingerprint density at radius 3 is 2.22 bits per heavy atom. The lowest BCUT2D eigenvalue weighted by molar-refractivity contribution is -0.274. The van der Waals surface area contributed by atoms with Gasteiger partial charge < -0.3 is 4.74 Å². The minimum Gasteiger partial charge on any atom is -0.405 e. The summed E-state index contributed by atoms with van der Waals surface area (Å²) in [6.07, 6.45) is -4.70. The minimum absolute atomic E-state index is 0.221. The van der Waals surface area contributed by atoms with Gasteiger partial charge in [-0.15, -0.1) is 13.2 Å². The molecule has 0 aliphatic heterocycles. The highest BCUT2D eigenvalue weighted by atomic mass is 19.4. The Morgan fingerprint density at radius 2 is 1.61 bits per heavy atom. The first-order valence-electron chi connectivity index (χ1n) is 5.23. The fourth-order valence-corrected chi connectivity index (χ4v) is 1.63. The summed E-state index contributed by atoms with van der Waals surface area (Å²) in [5.41, 5.74) is 1.66. The predicted molar refractivity (Wildman–Crippen MR) is 63.0 cm³/mol. The molecule has 0 unspecified atom stereocenters. The zero-order valence-corrected chi connectivity index (χ0v) is 9.37. The van der Waals surface area contributed by atoms with Crippen molar-refractivity contribution in [2.75, 3.05) is 0 Å². The third kappa shape index (κ3) is 3.03. The molecule has 0 saturated carbocycles. The van der Waals surface area contributed by atoms with E-state index in [1.165, 1.54) is 12.1 Å². The molecule has 93 valence electrons. The van der Waals surface area contributed by atoms with Crippen LogP contribution in [0.4, 0.5) is 13.2 Å². The highest BCUT2D eigenvalue weighted by molar-refractivity contribution is 5.71. The molecule has 4 heteroatoms. The van der Waals surface area contributed by atoms with Gasteiger partial charge in [-0.2, -0.15) is 0 Å². The second-order valence-corrected chi connectivity index (χ2v) is 3.74. The van der Waals surface area contributed by atoms with E-state index in [9.17, 15) is 13.2 Å². The van der Waals surface area contributed by atoms with Crippen molar-refractivity contribution in [3.05, 3.63) is 61.0 Å². The van der Waals surface area contributed by atoms with Crippen molar-refractivity contribution in [3.8, 4) is 16.9 Å². The summed E-state index contributed by atoms with van der Waals surface area (Å²) in [4.78, 5) is 0. The van der Waals surface area contributed by atoms with Gasteiger partial charge in [0.15, 0.2) is 0 Å². The van der Waals surface area contributed by atoms with E-state index in [1.807, 2.05) is 0 Å². The lowest BCUT2D eigenvalue weighted by Crippen LogP contribution is -2.17. The van der Waals surface area contributed by atoms with Gasteiger partial charge in [-0.05, 0) is 30.2 Å². The molecule has 0 aliphatic rings. The van der Waals surface area contributed by atoms with E-state index < -0.39 is 6.36 Å². The Hall–Kier alpha value is -1.97. The van der Waals surface area contributed by atoms with Crippen LogP contribution in [-0.4, -0.2) is 6.36 Å². The lowest BCUT2D eigenvalue weighted by atomic mass is 10.0. The number of ether oxygens (including phenoxy) is 1. The Labute approximate surface area is 103 Å². The molecule has 2 aromatic rings. The number of hydrogen-bond donors (Lipinski definition) is 0. The second-order valence-electron chi connectivity index (χ2n) is 3.74. The zero-order valence-electron chi connectivity index (χ0n) is 9.37. The fourth-order valence-electron chi connectivity index (χ4n) is 1.63. The topological polar surface area (TPSA) is 9.23 Å². The summed E-state index contributed by atoms with van der Waals surface area (Å²) in [6.45, 7) is 3.71. The molecule has 0 fully saturated rings. The van der Waals surface area contributed by atoms with Crippen LogP contribution in [0.1, 0.15) is 5.56 Å². The molecule has 18 heavy (non-hydrogen) atoms. The highest BCUT2D eigenvalue weighted by Crippen LogP contribution is 2.34. The van der Waals surface area contributed by atoms with E-state index in [4.69, 9.17) is 0 Å². The van der Waals surface area contributed by atoms with Gasteiger partial charge in [-0.25, -0.2) is 0 Å². The molecule has 0 atom stereocenters. The largest absolute Gasteiger partial charge is 0.573 e. The molecule has 0 heterocycles. The highest BCUT2D eigenvalue weighted by Gasteiger charge is 2.32. The fraction of sp³-hybridized carbons (Fsp3) is 0.0714. The molecule has 0 aromatic heterocycles. The summed E-state index contributed by atoms with van der Waals surface area (Å²) in [5, 5.41) is 0. The molecule has 0 aliphatic carbocycles. The average molecular weight is 251 g/mol. The maximum absolute atomic E-state index is 12.3. The van der Waals surface area contributed by atoms with Crippen molar-refractivity contribution >= 4 is 0 Å². The number of halogens is 3. The normalized spacial score (nSPS) is 11.3. The van der Waals surface area contributed by atoms with E-state index in [2.05, 4.69) is 11.7 Å². The standard InChI is InChI=1S/C14H10F3O/c1-10-7-8-13(18-14(15,16)17)12(9-10)11-5-3-2-4-6-11/h2-9H,1H2. The number of benzene rings is 2. The van der Waals surface area contributed by atoms with Crippen LogP contribution in [0.2, 0.25) is 0 Å². The van der Waals surface area contributed by atoms with Gasteiger partial charge in [-0.3, -0.25) is 0 Å². The van der Waals surface area contributed by atoms with Crippen LogP contribution in [0.25, 0.3) is 11.1 Å². The molecule has 2 aromatic carbocycles. The van der Waals surface area contributed by atoms with E-state index in [1.54, 1.807) is 36.4 Å². The molecular formula is C14H10F3O. The minimum atomic E-state index is -4.70. The summed E-state index contributed by atoms with van der Waals surface area (Å²) in [6, 6.07) is 13.1. The third-order valence-electron chi connectivity index (χ3n) is 2.35. The van der Waals surface area contributed by atoms with Crippen molar-refractivity contribution in [1.29, 1.82) is 0 Å². The van der Waals surface area contributed by atoms with Crippen LogP contribution in [0.3, 0.4) is 0 Å². The molecular weight excluding hydrogens is 241 g/mol. The van der Waals surface area contributed by atoms with E-state index in [0.29, 0.717) is 16.7 Å². The van der Waals surface area contributed by atoms with Crippen LogP contribution >= 0.6 is 0 Å². The second kappa shape index (κ2) is 4.72. The van der Waals surface area contributed by atoms with Gasteiger partial charge >= 0.3 is 6.36 Å². The molecule has 0 amide bonds. The van der Waals surface area contributed by atoms with Gasteiger partial charge in [0.25, 0.3) is 0 Å². The smallest absolute Gasteiger partial charge is 0.405 e. The Bertz CT molecular complexity index is 532. The molecule has 0 bridgehead atoms. The monoisotopic (exact) mass is 251 g/mol. The quantitative estimate of drug-likeness (QED) is 0.767. The van der Waals surface area contributed by atoms with E-state index in [0.717, 1.165) is 0 Å².